The van der Waals surface area contributed by atoms with Crippen molar-refractivity contribution < 1.29 is 9.59 Å². The summed E-state index contributed by atoms with van der Waals surface area (Å²) < 4.78 is 0. The van der Waals surface area contributed by atoms with Gasteiger partial charge in [-0.1, -0.05) is 62.7 Å². The summed E-state index contributed by atoms with van der Waals surface area (Å²) >= 11 is 5.89. The molecule has 5 heteroatoms. The first-order valence-corrected chi connectivity index (χ1v) is 10.1. The number of benzene rings is 2. The second-order valence-corrected chi connectivity index (χ2v) is 8.78. The van der Waals surface area contributed by atoms with Crippen LogP contribution in [0.3, 0.4) is 0 Å². The van der Waals surface area contributed by atoms with Crippen LogP contribution in [0.4, 0.5) is 5.69 Å². The molecular formula is C23H27ClN2O2. The van der Waals surface area contributed by atoms with Gasteiger partial charge < -0.3 is 10.2 Å². The van der Waals surface area contributed by atoms with E-state index in [1.807, 2.05) is 42.5 Å². The van der Waals surface area contributed by atoms with Crippen molar-refractivity contribution in [2.24, 2.45) is 5.92 Å². The third-order valence-corrected chi connectivity index (χ3v) is 5.38. The number of amides is 2. The van der Waals surface area contributed by atoms with Crippen LogP contribution in [-0.4, -0.2) is 24.9 Å². The minimum atomic E-state index is -0.314. The number of hydrogen-bond acceptors (Lipinski definition) is 2. The van der Waals surface area contributed by atoms with E-state index in [0.717, 1.165) is 23.2 Å². The van der Waals surface area contributed by atoms with Gasteiger partial charge >= 0.3 is 0 Å². The fourth-order valence-corrected chi connectivity index (χ4v) is 3.71. The Morgan fingerprint density at radius 2 is 1.82 bits per heavy atom. The molecule has 4 nitrogen and oxygen atoms in total. The second-order valence-electron chi connectivity index (χ2n) is 8.34. The van der Waals surface area contributed by atoms with E-state index < -0.39 is 0 Å². The second kappa shape index (κ2) is 8.36. The van der Waals surface area contributed by atoms with Crippen molar-refractivity contribution in [2.75, 3.05) is 18.0 Å². The molecule has 1 aliphatic rings. The highest BCUT2D eigenvalue weighted by Crippen LogP contribution is 2.35. The van der Waals surface area contributed by atoms with Gasteiger partial charge in [0.05, 0.1) is 5.92 Å². The topological polar surface area (TPSA) is 49.4 Å². The van der Waals surface area contributed by atoms with Crippen molar-refractivity contribution in [3.05, 3.63) is 64.7 Å². The van der Waals surface area contributed by atoms with Crippen molar-refractivity contribution in [3.8, 4) is 0 Å². The molecule has 0 radical (unpaired) electrons. The van der Waals surface area contributed by atoms with Crippen LogP contribution in [0, 0.1) is 5.92 Å². The zero-order valence-electron chi connectivity index (χ0n) is 16.7. The Labute approximate surface area is 171 Å². The molecule has 0 bridgehead atoms. The van der Waals surface area contributed by atoms with E-state index in [2.05, 4.69) is 32.2 Å². The molecule has 2 aromatic rings. The van der Waals surface area contributed by atoms with E-state index in [1.54, 1.807) is 4.90 Å². The predicted octanol–water partition coefficient (Wildman–Crippen LogP) is 4.35. The first kappa shape index (κ1) is 20.4. The van der Waals surface area contributed by atoms with Gasteiger partial charge in [0.25, 0.3) is 0 Å². The number of anilines is 1. The standard InChI is InChI=1S/C23H27ClN2O2/c1-23(2,3)19-6-4-5-7-20(19)26-15-17(14-21(26)27)22(28)25-13-12-16-8-10-18(24)11-9-16/h4-11,17H,12-15H2,1-3H3,(H,25,28). The highest BCUT2D eigenvalue weighted by molar-refractivity contribution is 6.30. The van der Waals surface area contributed by atoms with Gasteiger partial charge in [-0.25, -0.2) is 0 Å². The summed E-state index contributed by atoms with van der Waals surface area (Å²) in [4.78, 5) is 27.0. The molecule has 1 saturated heterocycles. The Bertz CT molecular complexity index is 856. The molecule has 3 rings (SSSR count). The first-order chi connectivity index (χ1) is 13.3. The summed E-state index contributed by atoms with van der Waals surface area (Å²) in [5, 5.41) is 3.68. The van der Waals surface area contributed by atoms with Crippen LogP contribution < -0.4 is 10.2 Å². The van der Waals surface area contributed by atoms with Gasteiger partial charge in [0.1, 0.15) is 0 Å². The van der Waals surface area contributed by atoms with Crippen molar-refractivity contribution >= 4 is 29.1 Å². The summed E-state index contributed by atoms with van der Waals surface area (Å²) in [5.74, 6) is -0.363. The number of nitrogens with one attached hydrogen (secondary N) is 1. The van der Waals surface area contributed by atoms with Crippen LogP contribution in [0.5, 0.6) is 0 Å². The minimum absolute atomic E-state index is 0.00884. The summed E-state index contributed by atoms with van der Waals surface area (Å²) in [6.45, 7) is 7.37. The van der Waals surface area contributed by atoms with E-state index in [4.69, 9.17) is 11.6 Å². The molecule has 1 fully saturated rings. The fraction of sp³-hybridized carbons (Fsp3) is 0.391. The molecule has 1 unspecified atom stereocenters. The monoisotopic (exact) mass is 398 g/mol. The maximum absolute atomic E-state index is 12.6. The molecule has 2 aromatic carbocycles. The van der Waals surface area contributed by atoms with E-state index in [1.165, 1.54) is 0 Å². The minimum Gasteiger partial charge on any atom is -0.355 e. The summed E-state index contributed by atoms with van der Waals surface area (Å²) in [7, 11) is 0. The average molecular weight is 399 g/mol. The Kier molecular flexibility index (Phi) is 6.09. The lowest BCUT2D eigenvalue weighted by Crippen LogP contribution is -2.34. The molecule has 0 aliphatic carbocycles. The number of nitrogens with zero attached hydrogens (tertiary/aromatic N) is 1. The van der Waals surface area contributed by atoms with Crippen LogP contribution in [0.1, 0.15) is 38.3 Å². The zero-order valence-corrected chi connectivity index (χ0v) is 17.4. The maximum atomic E-state index is 12.6. The fourth-order valence-electron chi connectivity index (χ4n) is 3.58. The van der Waals surface area contributed by atoms with Gasteiger partial charge in [0, 0.05) is 30.2 Å². The quantitative estimate of drug-likeness (QED) is 0.813. The van der Waals surface area contributed by atoms with Crippen LogP contribution in [0.25, 0.3) is 0 Å². The summed E-state index contributed by atoms with van der Waals surface area (Å²) in [6.07, 6.45) is 0.991. The normalized spacial score (nSPS) is 17.1. The van der Waals surface area contributed by atoms with Crippen LogP contribution in [0.2, 0.25) is 5.02 Å². The van der Waals surface area contributed by atoms with E-state index >= 15 is 0 Å². The Morgan fingerprint density at radius 3 is 2.50 bits per heavy atom. The summed E-state index contributed by atoms with van der Waals surface area (Å²) in [5.41, 5.74) is 3.08. The molecular weight excluding hydrogens is 372 g/mol. The predicted molar refractivity (Wildman–Crippen MR) is 114 cm³/mol. The maximum Gasteiger partial charge on any atom is 0.227 e. The number of carbonyl (C=O) groups is 2. The lowest BCUT2D eigenvalue weighted by molar-refractivity contribution is -0.126. The molecule has 0 saturated carbocycles. The SMILES string of the molecule is CC(C)(C)c1ccccc1N1CC(C(=O)NCCc2ccc(Cl)cc2)CC1=O. The molecule has 148 valence electrons. The molecule has 2 amide bonds. The highest BCUT2D eigenvalue weighted by Gasteiger charge is 2.36. The molecule has 1 atom stereocenters. The van der Waals surface area contributed by atoms with Crippen molar-refractivity contribution in [2.45, 2.75) is 39.0 Å². The van der Waals surface area contributed by atoms with Crippen LogP contribution >= 0.6 is 11.6 Å². The van der Waals surface area contributed by atoms with Crippen molar-refractivity contribution in [3.63, 3.8) is 0 Å². The number of carbonyl (C=O) groups excluding carboxylic acids is 2. The highest BCUT2D eigenvalue weighted by atomic mass is 35.5. The van der Waals surface area contributed by atoms with E-state index in [-0.39, 0.29) is 29.6 Å². The van der Waals surface area contributed by atoms with Crippen LogP contribution in [0.15, 0.2) is 48.5 Å². The third-order valence-electron chi connectivity index (χ3n) is 5.12. The molecule has 1 N–H and O–H groups in total. The smallest absolute Gasteiger partial charge is 0.227 e. The third kappa shape index (κ3) is 4.74. The lowest BCUT2D eigenvalue weighted by Gasteiger charge is -2.27. The molecule has 28 heavy (non-hydrogen) atoms. The Morgan fingerprint density at radius 1 is 1.14 bits per heavy atom. The Balaban J connectivity index is 1.61. The number of halogens is 1. The average Bonchev–Trinajstić information content (AvgIpc) is 3.04. The summed E-state index contributed by atoms with van der Waals surface area (Å²) in [6, 6.07) is 15.6. The van der Waals surface area contributed by atoms with Gasteiger partial charge in [-0.05, 0) is 41.2 Å². The van der Waals surface area contributed by atoms with Gasteiger partial charge in [-0.15, -0.1) is 0 Å². The van der Waals surface area contributed by atoms with Gasteiger partial charge in [0.15, 0.2) is 0 Å². The van der Waals surface area contributed by atoms with Gasteiger partial charge in [-0.2, -0.15) is 0 Å². The van der Waals surface area contributed by atoms with E-state index in [0.29, 0.717) is 18.1 Å². The van der Waals surface area contributed by atoms with Crippen molar-refractivity contribution in [1.82, 2.24) is 5.32 Å². The first-order valence-electron chi connectivity index (χ1n) is 9.68. The lowest BCUT2D eigenvalue weighted by atomic mass is 9.85. The van der Waals surface area contributed by atoms with Gasteiger partial charge in [0.2, 0.25) is 11.8 Å². The molecule has 1 aliphatic heterocycles. The van der Waals surface area contributed by atoms with Gasteiger partial charge in [-0.3, -0.25) is 9.59 Å². The molecule has 1 heterocycles. The Hall–Kier alpha value is -2.33. The largest absolute Gasteiger partial charge is 0.355 e. The number of hydrogen-bond donors (Lipinski definition) is 1. The van der Waals surface area contributed by atoms with E-state index in [9.17, 15) is 9.59 Å². The number of para-hydroxylation sites is 1. The van der Waals surface area contributed by atoms with Crippen molar-refractivity contribution in [1.29, 1.82) is 0 Å². The zero-order chi connectivity index (χ0) is 20.3. The van der Waals surface area contributed by atoms with Crippen LogP contribution in [-0.2, 0) is 21.4 Å². The molecule has 0 aromatic heterocycles. The number of rotatable bonds is 5. The molecule has 0 spiro atoms.